The molecule has 21 heavy (non-hydrogen) atoms. The van der Waals surface area contributed by atoms with Gasteiger partial charge in [0.1, 0.15) is 0 Å². The van der Waals surface area contributed by atoms with Gasteiger partial charge in [0.2, 0.25) is 0 Å². The first-order chi connectivity index (χ1) is 9.73. The first kappa shape index (κ1) is 15.5. The summed E-state index contributed by atoms with van der Waals surface area (Å²) in [6, 6.07) is 2.73. The van der Waals surface area contributed by atoms with E-state index in [0.717, 1.165) is 6.92 Å². The van der Waals surface area contributed by atoms with E-state index in [1.165, 1.54) is 26.4 Å². The van der Waals surface area contributed by atoms with Crippen molar-refractivity contribution in [2.75, 3.05) is 14.2 Å². The van der Waals surface area contributed by atoms with Crippen molar-refractivity contribution in [1.29, 1.82) is 0 Å². The Bertz CT molecular complexity index is 560. The minimum absolute atomic E-state index is 0.161. The van der Waals surface area contributed by atoms with Crippen LogP contribution in [0.4, 0.5) is 8.78 Å². The quantitative estimate of drug-likeness (QED) is 0.875. The number of ether oxygens (including phenoxy) is 2. The van der Waals surface area contributed by atoms with Crippen LogP contribution in [0.1, 0.15) is 37.3 Å². The monoisotopic (exact) mass is 300 g/mol. The Morgan fingerprint density at radius 3 is 2.19 bits per heavy atom. The van der Waals surface area contributed by atoms with E-state index in [-0.39, 0.29) is 17.7 Å². The SMILES string of the molecule is COc1cc(C(C)(F)F)c(C2(CC(=O)O)CC2)cc1OC. The summed E-state index contributed by atoms with van der Waals surface area (Å²) >= 11 is 0. The Balaban J connectivity index is 2.60. The maximum absolute atomic E-state index is 13.9. The van der Waals surface area contributed by atoms with Gasteiger partial charge in [-0.2, -0.15) is 0 Å². The summed E-state index contributed by atoms with van der Waals surface area (Å²) < 4.78 is 38.1. The van der Waals surface area contributed by atoms with Gasteiger partial charge in [0.15, 0.2) is 11.5 Å². The average molecular weight is 300 g/mol. The molecule has 1 aromatic rings. The first-order valence-electron chi connectivity index (χ1n) is 6.60. The van der Waals surface area contributed by atoms with Crippen LogP contribution in [-0.2, 0) is 16.1 Å². The lowest BCUT2D eigenvalue weighted by molar-refractivity contribution is -0.137. The lowest BCUT2D eigenvalue weighted by atomic mass is 9.86. The van der Waals surface area contributed by atoms with Crippen molar-refractivity contribution in [1.82, 2.24) is 0 Å². The molecule has 0 radical (unpaired) electrons. The summed E-state index contributed by atoms with van der Waals surface area (Å²) in [5, 5.41) is 9.03. The predicted octanol–water partition coefficient (Wildman–Crippen LogP) is 3.32. The van der Waals surface area contributed by atoms with Gasteiger partial charge in [0, 0.05) is 17.9 Å². The van der Waals surface area contributed by atoms with Crippen LogP contribution in [0.15, 0.2) is 12.1 Å². The van der Waals surface area contributed by atoms with Crippen LogP contribution >= 0.6 is 0 Å². The number of carboxylic acid groups (broad SMARTS) is 1. The molecule has 2 rings (SSSR count). The molecular formula is C15H18F2O4. The zero-order valence-electron chi connectivity index (χ0n) is 12.2. The highest BCUT2D eigenvalue weighted by molar-refractivity contribution is 5.71. The van der Waals surface area contributed by atoms with Gasteiger partial charge in [-0.1, -0.05) is 0 Å². The zero-order chi connectivity index (χ0) is 15.8. The van der Waals surface area contributed by atoms with E-state index in [9.17, 15) is 13.6 Å². The van der Waals surface area contributed by atoms with Crippen molar-refractivity contribution in [2.45, 2.75) is 37.5 Å². The summed E-state index contributed by atoms with van der Waals surface area (Å²) in [7, 11) is 2.79. The van der Waals surface area contributed by atoms with Crippen LogP contribution < -0.4 is 9.47 Å². The van der Waals surface area contributed by atoms with Crippen LogP contribution in [0.2, 0.25) is 0 Å². The Hall–Kier alpha value is -1.85. The molecule has 0 unspecified atom stereocenters. The number of aliphatic carboxylic acids is 1. The lowest BCUT2D eigenvalue weighted by Crippen LogP contribution is -2.20. The van der Waals surface area contributed by atoms with Crippen molar-refractivity contribution in [3.05, 3.63) is 23.3 Å². The van der Waals surface area contributed by atoms with E-state index in [1.54, 1.807) is 0 Å². The molecule has 1 aliphatic carbocycles. The molecule has 1 aromatic carbocycles. The largest absolute Gasteiger partial charge is 0.493 e. The number of benzene rings is 1. The summed E-state index contributed by atoms with van der Waals surface area (Å²) in [5.74, 6) is -3.53. The third-order valence-electron chi connectivity index (χ3n) is 3.91. The molecule has 0 atom stereocenters. The highest BCUT2D eigenvalue weighted by Crippen LogP contribution is 2.55. The topological polar surface area (TPSA) is 55.8 Å². The predicted molar refractivity (Wildman–Crippen MR) is 72.3 cm³/mol. The van der Waals surface area contributed by atoms with E-state index in [2.05, 4.69) is 0 Å². The Morgan fingerprint density at radius 2 is 1.81 bits per heavy atom. The number of hydrogen-bond acceptors (Lipinski definition) is 3. The van der Waals surface area contributed by atoms with E-state index < -0.39 is 17.3 Å². The fraction of sp³-hybridized carbons (Fsp3) is 0.533. The fourth-order valence-electron chi connectivity index (χ4n) is 2.66. The van der Waals surface area contributed by atoms with Crippen molar-refractivity contribution < 1.29 is 28.2 Å². The molecule has 1 saturated carbocycles. The Morgan fingerprint density at radius 1 is 1.29 bits per heavy atom. The van der Waals surface area contributed by atoms with E-state index >= 15 is 0 Å². The second kappa shape index (κ2) is 5.16. The summed E-state index contributed by atoms with van der Waals surface area (Å²) in [6.07, 6.45) is 1.00. The molecule has 1 aliphatic rings. The molecular weight excluding hydrogens is 282 g/mol. The molecule has 0 heterocycles. The van der Waals surface area contributed by atoms with Gasteiger partial charge in [-0.05, 0) is 30.5 Å². The molecule has 4 nitrogen and oxygen atoms in total. The molecule has 6 heteroatoms. The number of rotatable bonds is 6. The van der Waals surface area contributed by atoms with Crippen molar-refractivity contribution >= 4 is 5.97 Å². The van der Waals surface area contributed by atoms with E-state index in [4.69, 9.17) is 14.6 Å². The number of carbonyl (C=O) groups is 1. The van der Waals surface area contributed by atoms with Crippen LogP contribution in [0, 0.1) is 0 Å². The number of alkyl halides is 2. The van der Waals surface area contributed by atoms with E-state index in [1.807, 2.05) is 0 Å². The van der Waals surface area contributed by atoms with Gasteiger partial charge in [-0.3, -0.25) is 4.79 Å². The summed E-state index contributed by atoms with van der Waals surface area (Å²) in [5.41, 5.74) is -0.575. The van der Waals surface area contributed by atoms with Gasteiger partial charge in [0.25, 0.3) is 5.92 Å². The Labute approximate surface area is 121 Å². The van der Waals surface area contributed by atoms with Crippen molar-refractivity contribution in [2.24, 2.45) is 0 Å². The first-order valence-corrected chi connectivity index (χ1v) is 6.60. The molecule has 1 N–H and O–H groups in total. The normalized spacial score (nSPS) is 16.4. The third kappa shape index (κ3) is 2.94. The smallest absolute Gasteiger partial charge is 0.304 e. The standard InChI is InChI=1S/C15H18F2O4/c1-14(16,17)9-6-11(20-2)12(21-3)7-10(9)15(4-5-15)8-13(18)19/h6-7H,4-5,8H2,1-3H3,(H,18,19). The highest BCUT2D eigenvalue weighted by atomic mass is 19.3. The molecule has 0 spiro atoms. The second-order valence-corrected chi connectivity index (χ2v) is 5.49. The molecule has 0 aromatic heterocycles. The molecule has 0 aliphatic heterocycles. The zero-order valence-corrected chi connectivity index (χ0v) is 12.2. The van der Waals surface area contributed by atoms with Crippen LogP contribution in [0.3, 0.4) is 0 Å². The van der Waals surface area contributed by atoms with Crippen LogP contribution in [0.5, 0.6) is 11.5 Å². The minimum Gasteiger partial charge on any atom is -0.493 e. The van der Waals surface area contributed by atoms with Crippen molar-refractivity contribution in [3.63, 3.8) is 0 Å². The molecule has 0 bridgehead atoms. The van der Waals surface area contributed by atoms with Crippen molar-refractivity contribution in [3.8, 4) is 11.5 Å². The highest BCUT2D eigenvalue weighted by Gasteiger charge is 2.50. The van der Waals surface area contributed by atoms with Crippen LogP contribution in [0.25, 0.3) is 0 Å². The van der Waals surface area contributed by atoms with E-state index in [0.29, 0.717) is 24.2 Å². The minimum atomic E-state index is -3.08. The Kier molecular flexibility index (Phi) is 3.82. The van der Waals surface area contributed by atoms with Gasteiger partial charge < -0.3 is 14.6 Å². The van der Waals surface area contributed by atoms with Gasteiger partial charge in [-0.15, -0.1) is 0 Å². The maximum atomic E-state index is 13.9. The molecule has 1 fully saturated rings. The lowest BCUT2D eigenvalue weighted by Gasteiger charge is -2.24. The molecule has 0 amide bonds. The van der Waals surface area contributed by atoms with Gasteiger partial charge in [0.05, 0.1) is 20.6 Å². The number of carboxylic acids is 1. The average Bonchev–Trinajstić information content (AvgIpc) is 3.15. The number of hydrogen-bond donors (Lipinski definition) is 1. The number of halogens is 2. The number of methoxy groups -OCH3 is 2. The summed E-state index contributed by atoms with van der Waals surface area (Å²) in [6.45, 7) is 0.800. The maximum Gasteiger partial charge on any atom is 0.304 e. The van der Waals surface area contributed by atoms with Crippen LogP contribution in [-0.4, -0.2) is 25.3 Å². The second-order valence-electron chi connectivity index (χ2n) is 5.49. The summed E-state index contributed by atoms with van der Waals surface area (Å²) in [4.78, 5) is 11.0. The fourth-order valence-corrected chi connectivity index (χ4v) is 2.66. The molecule has 0 saturated heterocycles. The third-order valence-corrected chi connectivity index (χ3v) is 3.91. The van der Waals surface area contributed by atoms with Gasteiger partial charge >= 0.3 is 5.97 Å². The molecule has 116 valence electrons. The van der Waals surface area contributed by atoms with Gasteiger partial charge in [-0.25, -0.2) is 8.78 Å².